The highest BCUT2D eigenvalue weighted by Gasteiger charge is 2.36. The smallest absolute Gasteiger partial charge is 0.339 e. The van der Waals surface area contributed by atoms with Crippen LogP contribution in [0.1, 0.15) is 37.0 Å². The second-order valence-electron chi connectivity index (χ2n) is 9.97. The highest BCUT2D eigenvalue weighted by Crippen LogP contribution is 2.37. The molecule has 1 aliphatic rings. The molecule has 0 radical (unpaired) electrons. The molecular weight excluding hydrogens is 636 g/mol. The van der Waals surface area contributed by atoms with E-state index >= 15 is 0 Å². The van der Waals surface area contributed by atoms with E-state index in [1.165, 1.54) is 55.7 Å². The number of methoxy groups -OCH3 is 1. The van der Waals surface area contributed by atoms with Crippen molar-refractivity contribution in [3.05, 3.63) is 94.5 Å². The lowest BCUT2D eigenvalue weighted by atomic mass is 10.0. The third-order valence-corrected chi connectivity index (χ3v) is 8.13. The van der Waals surface area contributed by atoms with E-state index in [1.807, 2.05) is 13.8 Å². The molecular formula is C33H33ClN2O9S. The van der Waals surface area contributed by atoms with Crippen LogP contribution < -0.4 is 23.7 Å². The molecule has 1 N–H and O–H groups in total. The van der Waals surface area contributed by atoms with E-state index in [0.29, 0.717) is 46.4 Å². The maximum Gasteiger partial charge on any atom is 0.339 e. The summed E-state index contributed by atoms with van der Waals surface area (Å²) in [6, 6.07) is 12.6. The minimum atomic E-state index is -4.29. The van der Waals surface area contributed by atoms with Crippen LogP contribution in [0.25, 0.3) is 6.08 Å². The molecule has 0 bridgehead atoms. The van der Waals surface area contributed by atoms with Crippen molar-refractivity contribution in [1.29, 1.82) is 0 Å². The van der Waals surface area contributed by atoms with E-state index in [-0.39, 0.29) is 34.9 Å². The Kier molecular flexibility index (Phi) is 11.1. The molecule has 1 heterocycles. The number of carbonyl (C=O) groups is 3. The maximum atomic E-state index is 13.5. The summed E-state index contributed by atoms with van der Waals surface area (Å²) in [5.41, 5.74) is 0.919. The summed E-state index contributed by atoms with van der Waals surface area (Å²) < 4.78 is 48.5. The number of hydrogen-bond acceptors (Lipinski definition) is 9. The van der Waals surface area contributed by atoms with Gasteiger partial charge in [0.1, 0.15) is 10.5 Å². The molecule has 4 amide bonds. The number of benzene rings is 3. The molecule has 13 heteroatoms. The van der Waals surface area contributed by atoms with Gasteiger partial charge in [-0.25, -0.2) is 4.79 Å². The van der Waals surface area contributed by atoms with Gasteiger partial charge in [0.2, 0.25) is 0 Å². The number of ether oxygens (including phenoxy) is 3. The number of barbiturate groups is 1. The minimum absolute atomic E-state index is 0.0224. The van der Waals surface area contributed by atoms with Crippen LogP contribution in [-0.2, 0) is 32.7 Å². The lowest BCUT2D eigenvalue weighted by Gasteiger charge is -2.27. The Morgan fingerprint density at radius 2 is 1.70 bits per heavy atom. The van der Waals surface area contributed by atoms with Crippen LogP contribution in [0.15, 0.2) is 77.7 Å². The third kappa shape index (κ3) is 7.88. The van der Waals surface area contributed by atoms with Gasteiger partial charge in [-0.2, -0.15) is 8.42 Å². The van der Waals surface area contributed by atoms with Gasteiger partial charge in [0, 0.05) is 10.6 Å². The first kappa shape index (κ1) is 34.1. The summed E-state index contributed by atoms with van der Waals surface area (Å²) in [6.07, 6.45) is 3.78. The van der Waals surface area contributed by atoms with Gasteiger partial charge >= 0.3 is 16.1 Å². The molecule has 0 spiro atoms. The molecule has 3 aromatic carbocycles. The zero-order chi connectivity index (χ0) is 33.4. The molecule has 1 saturated heterocycles. The molecule has 1 fully saturated rings. The Morgan fingerprint density at radius 3 is 2.35 bits per heavy atom. The Balaban J connectivity index is 1.67. The predicted molar refractivity (Wildman–Crippen MR) is 172 cm³/mol. The van der Waals surface area contributed by atoms with Crippen LogP contribution in [0.4, 0.5) is 4.79 Å². The van der Waals surface area contributed by atoms with Crippen LogP contribution >= 0.6 is 11.6 Å². The summed E-state index contributed by atoms with van der Waals surface area (Å²) in [6.45, 7) is 8.26. The average Bonchev–Trinajstić information content (AvgIpc) is 3.02. The highest BCUT2D eigenvalue weighted by molar-refractivity contribution is 7.87. The van der Waals surface area contributed by atoms with E-state index in [9.17, 15) is 22.8 Å². The molecule has 3 aromatic rings. The van der Waals surface area contributed by atoms with Gasteiger partial charge in [0.25, 0.3) is 11.8 Å². The van der Waals surface area contributed by atoms with Crippen molar-refractivity contribution in [1.82, 2.24) is 10.2 Å². The fourth-order valence-corrected chi connectivity index (χ4v) is 5.62. The Morgan fingerprint density at radius 1 is 0.957 bits per heavy atom. The monoisotopic (exact) mass is 668 g/mol. The second-order valence-corrected chi connectivity index (χ2v) is 11.9. The molecule has 0 aromatic heterocycles. The number of halogens is 1. The Hall–Kier alpha value is -4.81. The molecule has 1 aliphatic heterocycles. The van der Waals surface area contributed by atoms with Gasteiger partial charge in [0.15, 0.2) is 23.0 Å². The summed E-state index contributed by atoms with van der Waals surface area (Å²) in [4.78, 5) is 39.9. The predicted octanol–water partition coefficient (Wildman–Crippen LogP) is 5.69. The number of rotatable bonds is 14. The normalized spacial score (nSPS) is 14.2. The summed E-state index contributed by atoms with van der Waals surface area (Å²) in [5.74, 6) is -0.781. The number of nitrogens with one attached hydrogen (secondary N) is 1. The number of nitrogens with zero attached hydrogens (tertiary/aromatic N) is 1. The van der Waals surface area contributed by atoms with Crippen LogP contribution in [0.5, 0.6) is 23.0 Å². The number of hydrogen-bond donors (Lipinski definition) is 1. The molecule has 0 unspecified atom stereocenters. The van der Waals surface area contributed by atoms with E-state index in [2.05, 4.69) is 11.9 Å². The van der Waals surface area contributed by atoms with Gasteiger partial charge < -0.3 is 18.4 Å². The number of urea groups is 1. The molecule has 46 heavy (non-hydrogen) atoms. The number of allylic oxidation sites excluding steroid dienone is 1. The zero-order valence-corrected chi connectivity index (χ0v) is 27.1. The Bertz CT molecular complexity index is 1790. The molecule has 242 valence electrons. The molecule has 11 nitrogen and oxygen atoms in total. The number of amides is 4. The first-order valence-corrected chi connectivity index (χ1v) is 16.1. The van der Waals surface area contributed by atoms with Crippen molar-refractivity contribution in [2.75, 3.05) is 20.3 Å². The second kappa shape index (κ2) is 15.0. The van der Waals surface area contributed by atoms with Crippen LogP contribution in [0.3, 0.4) is 0 Å². The lowest BCUT2D eigenvalue weighted by molar-refractivity contribution is -0.130. The molecule has 0 atom stereocenters. The van der Waals surface area contributed by atoms with Gasteiger partial charge in [-0.1, -0.05) is 30.7 Å². The van der Waals surface area contributed by atoms with Gasteiger partial charge in [0.05, 0.1) is 26.9 Å². The average molecular weight is 669 g/mol. The Labute approximate surface area is 272 Å². The van der Waals surface area contributed by atoms with Gasteiger partial charge in [-0.3, -0.25) is 19.8 Å². The summed E-state index contributed by atoms with van der Waals surface area (Å²) in [5, 5.41) is 2.56. The van der Waals surface area contributed by atoms with Crippen LogP contribution in [-0.4, -0.2) is 51.5 Å². The van der Waals surface area contributed by atoms with Crippen molar-refractivity contribution in [3.8, 4) is 23.0 Å². The first-order chi connectivity index (χ1) is 22.0. The van der Waals surface area contributed by atoms with E-state index < -0.39 is 28.0 Å². The van der Waals surface area contributed by atoms with Crippen molar-refractivity contribution in [2.45, 2.75) is 38.1 Å². The van der Waals surface area contributed by atoms with Gasteiger partial charge in [-0.15, -0.1) is 6.58 Å². The highest BCUT2D eigenvalue weighted by atomic mass is 35.5. The number of imide groups is 2. The van der Waals surface area contributed by atoms with Crippen molar-refractivity contribution >= 4 is 45.6 Å². The fraction of sp³-hybridized carbons (Fsp3) is 0.242. The fourth-order valence-electron chi connectivity index (χ4n) is 4.52. The summed E-state index contributed by atoms with van der Waals surface area (Å²) in [7, 11) is -2.97. The maximum absolute atomic E-state index is 13.5. The molecule has 0 aliphatic carbocycles. The van der Waals surface area contributed by atoms with Crippen LogP contribution in [0, 0.1) is 0 Å². The third-order valence-electron chi connectivity index (χ3n) is 6.64. The minimum Gasteiger partial charge on any atom is -0.493 e. The largest absolute Gasteiger partial charge is 0.493 e. The lowest BCUT2D eigenvalue weighted by Crippen LogP contribution is -2.53. The van der Waals surface area contributed by atoms with E-state index in [4.69, 9.17) is 30.0 Å². The first-order valence-electron chi connectivity index (χ1n) is 14.3. The van der Waals surface area contributed by atoms with E-state index in [0.717, 1.165) is 11.3 Å². The molecule has 4 rings (SSSR count). The summed E-state index contributed by atoms with van der Waals surface area (Å²) >= 11 is 5.89. The molecule has 0 saturated carbocycles. The topological polar surface area (TPSA) is 138 Å². The van der Waals surface area contributed by atoms with Crippen LogP contribution in [0.2, 0.25) is 5.02 Å². The zero-order valence-electron chi connectivity index (χ0n) is 25.5. The standard InChI is InChI=1S/C33H33ClN2O9S/c1-5-8-23-16-22(19-29(42-4)30(23)45-46(40,41)25-12-10-24(34)11-13-25)17-26-31(37)35-33(39)36(32(26)38)20-21-9-14-27(44-15-6-2)28(18-21)43-7-3/h5,9-14,16-19H,1,6-8,15,20H2,2-4H3,(H,35,37,39)/b26-17+. The van der Waals surface area contributed by atoms with Crippen molar-refractivity contribution in [3.63, 3.8) is 0 Å². The van der Waals surface area contributed by atoms with Crippen molar-refractivity contribution in [2.24, 2.45) is 0 Å². The quantitative estimate of drug-likeness (QED) is 0.0993. The SMILES string of the molecule is C=CCc1cc(/C=C2\C(=O)NC(=O)N(Cc3ccc(OCCC)c(OCC)c3)C2=O)cc(OC)c1OS(=O)(=O)c1ccc(Cl)cc1. The van der Waals surface area contributed by atoms with Crippen molar-refractivity contribution < 1.29 is 41.2 Å². The van der Waals surface area contributed by atoms with E-state index in [1.54, 1.807) is 18.2 Å². The van der Waals surface area contributed by atoms with Gasteiger partial charge in [-0.05, 0) is 85.5 Å². The number of carbonyl (C=O) groups excluding carboxylic acids is 3.